The van der Waals surface area contributed by atoms with Gasteiger partial charge in [-0.2, -0.15) is 5.26 Å². The van der Waals surface area contributed by atoms with Gasteiger partial charge in [-0.05, 0) is 25.1 Å². The van der Waals surface area contributed by atoms with Crippen LogP contribution in [0.2, 0.25) is 0 Å². The highest BCUT2D eigenvalue weighted by molar-refractivity contribution is 5.78. The third-order valence-electron chi connectivity index (χ3n) is 3.68. The van der Waals surface area contributed by atoms with Crippen LogP contribution in [0.15, 0.2) is 42.5 Å². The maximum atomic E-state index is 12.7. The lowest BCUT2D eigenvalue weighted by molar-refractivity contribution is -0.452. The Morgan fingerprint density at radius 2 is 1.91 bits per heavy atom. The first-order valence-electron chi connectivity index (χ1n) is 6.90. The van der Waals surface area contributed by atoms with Gasteiger partial charge in [0.05, 0.1) is 17.1 Å². The van der Waals surface area contributed by atoms with Crippen molar-refractivity contribution in [2.75, 3.05) is 7.11 Å². The molecule has 1 heterocycles. The van der Waals surface area contributed by atoms with Crippen LogP contribution in [0.4, 0.5) is 0 Å². The second-order valence-electron chi connectivity index (χ2n) is 5.12. The molecule has 0 saturated heterocycles. The van der Waals surface area contributed by atoms with Gasteiger partial charge in [-0.3, -0.25) is 0 Å². The fourth-order valence-corrected chi connectivity index (χ4v) is 2.46. The molecule has 0 unspecified atom stereocenters. The van der Waals surface area contributed by atoms with Crippen LogP contribution in [-0.2, 0) is 0 Å². The topological polar surface area (TPSA) is 84.0 Å². The molecule has 23 heavy (non-hydrogen) atoms. The van der Waals surface area contributed by atoms with Crippen molar-refractivity contribution in [1.29, 1.82) is 5.26 Å². The van der Waals surface area contributed by atoms with Gasteiger partial charge in [0.1, 0.15) is 17.3 Å². The fourth-order valence-electron chi connectivity index (χ4n) is 2.46. The number of rotatable bonds is 2. The second-order valence-corrected chi connectivity index (χ2v) is 5.12. The van der Waals surface area contributed by atoms with E-state index in [2.05, 4.69) is 0 Å². The summed E-state index contributed by atoms with van der Waals surface area (Å²) in [6, 6.07) is 13.5. The standard InChI is InChI=1S/C17H13N3O3/c1-11-3-5-12(6-4-11)17-16(10-18)19(21)15-9-13(23-2)7-8-14(15)20(17)22/h3-9H,1-2H3. The van der Waals surface area contributed by atoms with Gasteiger partial charge >= 0.3 is 5.69 Å². The third kappa shape index (κ3) is 2.28. The summed E-state index contributed by atoms with van der Waals surface area (Å²) in [5.74, 6) is 0.439. The molecular formula is C17H13N3O3. The minimum absolute atomic E-state index is 0.0418. The highest BCUT2D eigenvalue weighted by Gasteiger charge is 2.24. The average molecular weight is 307 g/mol. The summed E-state index contributed by atoms with van der Waals surface area (Å²) in [5.41, 5.74) is 1.60. The third-order valence-corrected chi connectivity index (χ3v) is 3.68. The van der Waals surface area contributed by atoms with Gasteiger partial charge in [-0.25, -0.2) is 0 Å². The van der Waals surface area contributed by atoms with E-state index in [1.165, 1.54) is 19.2 Å². The van der Waals surface area contributed by atoms with E-state index in [9.17, 15) is 15.4 Å². The predicted molar refractivity (Wildman–Crippen MR) is 85.5 cm³/mol. The van der Waals surface area contributed by atoms with Crippen LogP contribution in [0, 0.1) is 28.4 Å². The lowest BCUT2D eigenvalue weighted by Gasteiger charge is -2.15. The molecule has 0 radical (unpaired) electrons. The Balaban J connectivity index is 2.43. The van der Waals surface area contributed by atoms with E-state index in [1.54, 1.807) is 18.2 Å². The van der Waals surface area contributed by atoms with E-state index in [-0.39, 0.29) is 22.4 Å². The van der Waals surface area contributed by atoms with Gasteiger partial charge in [-0.1, -0.05) is 17.7 Å². The van der Waals surface area contributed by atoms with Gasteiger partial charge in [0, 0.05) is 17.0 Å². The highest BCUT2D eigenvalue weighted by Crippen LogP contribution is 2.25. The van der Waals surface area contributed by atoms with Gasteiger partial charge in [0.15, 0.2) is 5.69 Å². The first-order valence-corrected chi connectivity index (χ1v) is 6.90. The molecule has 0 atom stereocenters. The van der Waals surface area contributed by atoms with Crippen molar-refractivity contribution < 1.29 is 9.16 Å². The van der Waals surface area contributed by atoms with E-state index >= 15 is 0 Å². The lowest BCUT2D eigenvalue weighted by Crippen LogP contribution is -2.24. The van der Waals surface area contributed by atoms with Crippen molar-refractivity contribution in [3.8, 4) is 23.1 Å². The molecule has 114 valence electrons. The lowest BCUT2D eigenvalue weighted by atomic mass is 10.1. The van der Waals surface area contributed by atoms with Gasteiger partial charge in [0.2, 0.25) is 0 Å². The Kier molecular flexibility index (Phi) is 3.47. The van der Waals surface area contributed by atoms with Crippen LogP contribution >= 0.6 is 0 Å². The summed E-state index contributed by atoms with van der Waals surface area (Å²) < 4.78 is 6.16. The zero-order valence-electron chi connectivity index (χ0n) is 12.6. The number of aromatic nitrogens is 2. The molecule has 0 N–H and O–H groups in total. The Bertz CT molecular complexity index is 999. The first kappa shape index (κ1) is 14.6. The number of benzene rings is 2. The molecular weight excluding hydrogens is 294 g/mol. The summed E-state index contributed by atoms with van der Waals surface area (Å²) >= 11 is 0. The molecule has 6 heteroatoms. The first-order chi connectivity index (χ1) is 11.1. The number of hydrogen-bond donors (Lipinski definition) is 0. The van der Waals surface area contributed by atoms with Crippen LogP contribution in [0.25, 0.3) is 22.3 Å². The van der Waals surface area contributed by atoms with E-state index in [0.29, 0.717) is 20.5 Å². The summed E-state index contributed by atoms with van der Waals surface area (Å²) in [6.45, 7) is 1.92. The normalized spacial score (nSPS) is 10.5. The average Bonchev–Trinajstić information content (AvgIpc) is 2.58. The molecule has 0 spiro atoms. The van der Waals surface area contributed by atoms with Crippen molar-refractivity contribution >= 4 is 11.0 Å². The maximum absolute atomic E-state index is 12.7. The number of methoxy groups -OCH3 is 1. The van der Waals surface area contributed by atoms with Crippen LogP contribution in [0.3, 0.4) is 0 Å². The molecule has 0 aliphatic carbocycles. The molecule has 2 aromatic carbocycles. The molecule has 0 aliphatic heterocycles. The minimum Gasteiger partial charge on any atom is -0.804 e. The maximum Gasteiger partial charge on any atom is 0.304 e. The summed E-state index contributed by atoms with van der Waals surface area (Å²) in [4.78, 5) is 12.7. The van der Waals surface area contributed by atoms with Crippen molar-refractivity contribution in [1.82, 2.24) is 4.73 Å². The summed E-state index contributed by atoms with van der Waals surface area (Å²) in [6.07, 6.45) is 0. The number of nitriles is 1. The van der Waals surface area contributed by atoms with Gasteiger partial charge in [-0.15, -0.1) is 0 Å². The van der Waals surface area contributed by atoms with E-state index in [0.717, 1.165) is 5.56 Å². The van der Waals surface area contributed by atoms with E-state index in [1.807, 2.05) is 25.1 Å². The molecule has 0 saturated carbocycles. The minimum atomic E-state index is -0.246. The van der Waals surface area contributed by atoms with E-state index in [4.69, 9.17) is 4.74 Å². The molecule has 1 aromatic heterocycles. The second kappa shape index (κ2) is 5.46. The van der Waals surface area contributed by atoms with Crippen LogP contribution < -0.4 is 9.16 Å². The number of aryl methyl sites for hydroxylation is 1. The summed E-state index contributed by atoms with van der Waals surface area (Å²) in [7, 11) is 1.47. The quantitative estimate of drug-likeness (QED) is 0.681. The zero-order valence-corrected chi connectivity index (χ0v) is 12.6. The largest absolute Gasteiger partial charge is 0.804 e. The SMILES string of the molecule is COc1ccc2c(c1)n([O-])c(C#N)c(-c1ccc(C)cc1)[n+]2=O. The Morgan fingerprint density at radius 3 is 2.52 bits per heavy atom. The van der Waals surface area contributed by atoms with Crippen LogP contribution in [0.1, 0.15) is 11.3 Å². The molecule has 6 nitrogen and oxygen atoms in total. The van der Waals surface area contributed by atoms with Crippen molar-refractivity contribution in [2.45, 2.75) is 6.92 Å². The van der Waals surface area contributed by atoms with Crippen molar-refractivity contribution in [3.63, 3.8) is 0 Å². The van der Waals surface area contributed by atoms with Crippen molar-refractivity contribution in [3.05, 3.63) is 63.8 Å². The Hall–Kier alpha value is -3.33. The molecule has 0 fully saturated rings. The number of ether oxygens (including phenoxy) is 1. The Labute approximate surface area is 132 Å². The smallest absolute Gasteiger partial charge is 0.304 e. The monoisotopic (exact) mass is 307 g/mol. The number of hydrogen-bond acceptors (Lipinski definition) is 4. The van der Waals surface area contributed by atoms with Gasteiger partial charge < -0.3 is 14.7 Å². The number of nitrogens with zero attached hydrogens (tertiary/aromatic N) is 3. The molecule has 0 bridgehead atoms. The Morgan fingerprint density at radius 1 is 1.22 bits per heavy atom. The zero-order chi connectivity index (χ0) is 16.6. The van der Waals surface area contributed by atoms with E-state index < -0.39 is 0 Å². The highest BCUT2D eigenvalue weighted by atomic mass is 16.5. The molecule has 0 amide bonds. The summed E-state index contributed by atoms with van der Waals surface area (Å²) in [5, 5.41) is 21.9. The molecule has 3 rings (SSSR count). The predicted octanol–water partition coefficient (Wildman–Crippen LogP) is 2.76. The van der Waals surface area contributed by atoms with Crippen molar-refractivity contribution in [2.24, 2.45) is 0 Å². The molecule has 0 aliphatic rings. The number of fused-ring (bicyclic) bond motifs is 1. The van der Waals surface area contributed by atoms with Gasteiger partial charge in [0.25, 0.3) is 5.52 Å². The fraction of sp³-hybridized carbons (Fsp3) is 0.118. The van der Waals surface area contributed by atoms with Crippen LogP contribution in [-0.4, -0.2) is 11.8 Å². The van der Waals surface area contributed by atoms with Crippen LogP contribution in [0.5, 0.6) is 5.75 Å². The molecule has 3 aromatic rings.